The van der Waals surface area contributed by atoms with Crippen LogP contribution in [-0.2, 0) is 0 Å². The van der Waals surface area contributed by atoms with Gasteiger partial charge in [0, 0.05) is 27.1 Å². The van der Waals surface area contributed by atoms with Gasteiger partial charge < -0.3 is 8.98 Å². The number of furan rings is 1. The number of rotatable bonds is 2. The molecule has 176 valence electrons. The number of nitrogens with zero attached hydrogens (tertiary/aromatic N) is 1. The molecule has 0 spiro atoms. The Morgan fingerprint density at radius 2 is 0.921 bits per heavy atom. The highest BCUT2D eigenvalue weighted by Gasteiger charge is 2.23. The minimum absolute atomic E-state index is 0.933. The predicted molar refractivity (Wildman–Crippen MR) is 160 cm³/mol. The second-order valence-electron chi connectivity index (χ2n) is 10.1. The molecule has 0 atom stereocenters. The first-order valence-corrected chi connectivity index (χ1v) is 13.0. The second-order valence-corrected chi connectivity index (χ2v) is 10.1. The highest BCUT2D eigenvalue weighted by Crippen LogP contribution is 2.48. The van der Waals surface area contributed by atoms with E-state index in [0.29, 0.717) is 0 Å². The van der Waals surface area contributed by atoms with Crippen LogP contribution in [0.3, 0.4) is 0 Å². The van der Waals surface area contributed by atoms with Crippen LogP contribution in [-0.4, -0.2) is 4.57 Å². The van der Waals surface area contributed by atoms with Crippen LogP contribution in [0.4, 0.5) is 0 Å². The molecule has 2 heterocycles. The summed E-state index contributed by atoms with van der Waals surface area (Å²) < 4.78 is 9.37. The van der Waals surface area contributed by atoms with Crippen molar-refractivity contribution in [3.63, 3.8) is 0 Å². The van der Waals surface area contributed by atoms with Crippen molar-refractivity contribution >= 4 is 65.3 Å². The van der Waals surface area contributed by atoms with E-state index in [-0.39, 0.29) is 0 Å². The van der Waals surface area contributed by atoms with E-state index in [0.717, 1.165) is 28.0 Å². The van der Waals surface area contributed by atoms with Gasteiger partial charge in [0.2, 0.25) is 0 Å². The topological polar surface area (TPSA) is 18.1 Å². The molecule has 9 aromatic rings. The number of hydrogen-bond donors (Lipinski definition) is 0. The SMILES string of the molecule is c1ccc(-c2ccc3c4ccccc4c4ccc(-n5c6ccccc6c6ccccc65)c5oc2c3c54)cc1. The van der Waals surface area contributed by atoms with Crippen LogP contribution >= 0.6 is 0 Å². The molecule has 0 radical (unpaired) electrons. The van der Waals surface area contributed by atoms with E-state index in [4.69, 9.17) is 4.42 Å². The van der Waals surface area contributed by atoms with Gasteiger partial charge in [-0.3, -0.25) is 0 Å². The molecule has 0 bridgehead atoms. The van der Waals surface area contributed by atoms with E-state index in [1.54, 1.807) is 0 Å². The average molecular weight is 484 g/mol. The molecule has 9 rings (SSSR count). The van der Waals surface area contributed by atoms with E-state index in [2.05, 4.69) is 132 Å². The summed E-state index contributed by atoms with van der Waals surface area (Å²) >= 11 is 0. The Morgan fingerprint density at radius 1 is 0.395 bits per heavy atom. The summed E-state index contributed by atoms with van der Waals surface area (Å²) in [5.74, 6) is 0. The molecule has 0 unspecified atom stereocenters. The summed E-state index contributed by atoms with van der Waals surface area (Å²) in [7, 11) is 0. The normalized spacial score (nSPS) is 12.2. The van der Waals surface area contributed by atoms with Crippen LogP contribution in [0.1, 0.15) is 0 Å². The Hall–Kier alpha value is -5.08. The molecule has 0 amide bonds. The largest absolute Gasteiger partial charge is 0.453 e. The van der Waals surface area contributed by atoms with Gasteiger partial charge in [-0.1, -0.05) is 103 Å². The van der Waals surface area contributed by atoms with Gasteiger partial charge in [0.25, 0.3) is 0 Å². The fourth-order valence-corrected chi connectivity index (χ4v) is 6.57. The fourth-order valence-electron chi connectivity index (χ4n) is 6.57. The van der Waals surface area contributed by atoms with Crippen molar-refractivity contribution in [2.75, 3.05) is 0 Å². The molecule has 0 saturated carbocycles. The quantitative estimate of drug-likeness (QED) is 0.224. The summed E-state index contributed by atoms with van der Waals surface area (Å²) in [6, 6.07) is 45.6. The first kappa shape index (κ1) is 20.0. The third-order valence-corrected chi connectivity index (χ3v) is 8.16. The van der Waals surface area contributed by atoms with Gasteiger partial charge in [0.15, 0.2) is 5.58 Å². The molecule has 0 aliphatic rings. The van der Waals surface area contributed by atoms with Crippen molar-refractivity contribution in [2.24, 2.45) is 0 Å². The fraction of sp³-hybridized carbons (Fsp3) is 0. The van der Waals surface area contributed by atoms with Crippen LogP contribution in [0.5, 0.6) is 0 Å². The number of aromatic nitrogens is 1. The molecule has 0 N–H and O–H groups in total. The maximum absolute atomic E-state index is 7.00. The van der Waals surface area contributed by atoms with Crippen molar-refractivity contribution in [1.82, 2.24) is 4.57 Å². The minimum atomic E-state index is 0.933. The lowest BCUT2D eigenvalue weighted by Crippen LogP contribution is -1.94. The molecule has 2 aromatic heterocycles. The predicted octanol–water partition coefficient (Wildman–Crippen LogP) is 10.1. The van der Waals surface area contributed by atoms with Crippen LogP contribution in [0, 0.1) is 0 Å². The van der Waals surface area contributed by atoms with Gasteiger partial charge in [-0.2, -0.15) is 0 Å². The van der Waals surface area contributed by atoms with Crippen molar-refractivity contribution in [1.29, 1.82) is 0 Å². The van der Waals surface area contributed by atoms with E-state index in [1.807, 2.05) is 0 Å². The van der Waals surface area contributed by atoms with Gasteiger partial charge >= 0.3 is 0 Å². The Labute approximate surface area is 218 Å². The summed E-state index contributed by atoms with van der Waals surface area (Å²) in [6.07, 6.45) is 0. The number of benzene rings is 7. The zero-order valence-electron chi connectivity index (χ0n) is 20.5. The van der Waals surface area contributed by atoms with E-state index >= 15 is 0 Å². The van der Waals surface area contributed by atoms with Crippen molar-refractivity contribution in [3.8, 4) is 16.8 Å². The molecule has 0 aliphatic carbocycles. The Morgan fingerprint density at radius 3 is 1.58 bits per heavy atom. The minimum Gasteiger partial charge on any atom is -0.453 e. The van der Waals surface area contributed by atoms with Crippen LogP contribution in [0.15, 0.2) is 132 Å². The second kappa shape index (κ2) is 7.24. The standard InChI is InChI=1S/C36H21NO/c1-2-10-22(11-3-1)23-18-19-28-24-12-4-5-13-25(24)29-20-21-32(36-34(29)33(28)35(23)38-36)37-30-16-8-6-14-26(30)27-15-7-9-17-31(27)37/h1-21H. The first-order valence-electron chi connectivity index (χ1n) is 13.0. The van der Waals surface area contributed by atoms with Crippen molar-refractivity contribution in [3.05, 3.63) is 127 Å². The summed E-state index contributed by atoms with van der Waals surface area (Å²) in [5.41, 5.74) is 7.61. The maximum Gasteiger partial charge on any atom is 0.160 e. The summed E-state index contributed by atoms with van der Waals surface area (Å²) in [6.45, 7) is 0. The molecule has 0 saturated heterocycles. The molecule has 2 heteroatoms. The molecule has 38 heavy (non-hydrogen) atoms. The zero-order chi connectivity index (χ0) is 24.8. The van der Waals surface area contributed by atoms with E-state index in [9.17, 15) is 0 Å². The molecule has 0 fully saturated rings. The third kappa shape index (κ3) is 2.47. The number of fused-ring (bicyclic) bond motifs is 6. The van der Waals surface area contributed by atoms with Gasteiger partial charge in [-0.15, -0.1) is 0 Å². The Bertz CT molecular complexity index is 2280. The lowest BCUT2D eigenvalue weighted by Gasteiger charge is -2.12. The van der Waals surface area contributed by atoms with Crippen LogP contribution in [0.2, 0.25) is 0 Å². The van der Waals surface area contributed by atoms with Crippen LogP contribution < -0.4 is 0 Å². The third-order valence-electron chi connectivity index (χ3n) is 8.16. The molecular weight excluding hydrogens is 462 g/mol. The van der Waals surface area contributed by atoms with Gasteiger partial charge in [-0.05, 0) is 51.4 Å². The highest BCUT2D eigenvalue weighted by molar-refractivity contribution is 6.35. The summed E-state index contributed by atoms with van der Waals surface area (Å²) in [5, 5.41) is 9.89. The van der Waals surface area contributed by atoms with Crippen molar-refractivity contribution in [2.45, 2.75) is 0 Å². The van der Waals surface area contributed by atoms with Crippen LogP contribution in [0.25, 0.3) is 82.1 Å². The van der Waals surface area contributed by atoms with Gasteiger partial charge in [0.05, 0.1) is 16.7 Å². The number of para-hydroxylation sites is 2. The lowest BCUT2D eigenvalue weighted by molar-refractivity contribution is 0.668. The summed E-state index contributed by atoms with van der Waals surface area (Å²) in [4.78, 5) is 0. The van der Waals surface area contributed by atoms with E-state index < -0.39 is 0 Å². The molecule has 2 nitrogen and oxygen atoms in total. The van der Waals surface area contributed by atoms with Crippen molar-refractivity contribution < 1.29 is 4.42 Å². The van der Waals surface area contributed by atoms with E-state index in [1.165, 1.54) is 54.1 Å². The monoisotopic (exact) mass is 483 g/mol. The molecule has 7 aromatic carbocycles. The first-order chi connectivity index (χ1) is 18.9. The smallest absolute Gasteiger partial charge is 0.160 e. The number of hydrogen-bond acceptors (Lipinski definition) is 1. The molecule has 0 aliphatic heterocycles. The van der Waals surface area contributed by atoms with Gasteiger partial charge in [-0.25, -0.2) is 0 Å². The zero-order valence-corrected chi connectivity index (χ0v) is 20.5. The maximum atomic E-state index is 7.00. The molecular formula is C36H21NO. The average Bonchev–Trinajstić information content (AvgIpc) is 3.54. The highest BCUT2D eigenvalue weighted by atomic mass is 16.3. The Kier molecular flexibility index (Phi) is 3.82. The Balaban J connectivity index is 1.52. The lowest BCUT2D eigenvalue weighted by atomic mass is 9.92. The van der Waals surface area contributed by atoms with Gasteiger partial charge in [0.1, 0.15) is 5.58 Å².